The van der Waals surface area contributed by atoms with Gasteiger partial charge in [0.2, 0.25) is 5.91 Å². The van der Waals surface area contributed by atoms with Crippen LogP contribution in [-0.2, 0) is 4.79 Å². The van der Waals surface area contributed by atoms with E-state index in [4.69, 9.17) is 9.47 Å². The molecule has 3 aromatic rings. The first-order chi connectivity index (χ1) is 15.9. The molecule has 0 radical (unpaired) electrons. The number of carbonyl (C=O) groups excluding carboxylic acids is 1. The fourth-order valence-corrected chi connectivity index (χ4v) is 3.42. The Morgan fingerprint density at radius 2 is 1.76 bits per heavy atom. The lowest BCUT2D eigenvalue weighted by atomic mass is 9.93. The largest absolute Gasteiger partial charge is 0.492 e. The second-order valence-corrected chi connectivity index (χ2v) is 7.92. The van der Waals surface area contributed by atoms with E-state index >= 15 is 0 Å². The lowest BCUT2D eigenvalue weighted by molar-refractivity contribution is -0.120. The number of anilines is 3. The molecule has 176 valence electrons. The van der Waals surface area contributed by atoms with Crippen molar-refractivity contribution in [3.8, 4) is 11.5 Å². The molecule has 3 rings (SSSR count). The number of nitrogens with zero attached hydrogens (tertiary/aromatic N) is 2. The van der Waals surface area contributed by atoms with Gasteiger partial charge in [0, 0.05) is 29.1 Å². The highest BCUT2D eigenvalue weighted by molar-refractivity contribution is 6.00. The van der Waals surface area contributed by atoms with Crippen molar-refractivity contribution < 1.29 is 18.7 Å². The predicted molar refractivity (Wildman–Crippen MR) is 129 cm³/mol. The number of benzene rings is 2. The Bertz CT molecular complexity index is 1120. The van der Waals surface area contributed by atoms with E-state index in [-0.39, 0.29) is 23.5 Å². The SMILES string of the molecule is CCOc1ccc(Nc2cnnc3cc(OCC)c(NC(=O)C(C)C(C)CC)cc23)cc1F. The number of amides is 1. The zero-order valence-electron chi connectivity index (χ0n) is 19.7. The van der Waals surface area contributed by atoms with E-state index in [2.05, 4.69) is 34.7 Å². The van der Waals surface area contributed by atoms with Crippen molar-refractivity contribution in [2.75, 3.05) is 23.8 Å². The molecule has 2 atom stereocenters. The normalized spacial score (nSPS) is 12.8. The highest BCUT2D eigenvalue weighted by Crippen LogP contribution is 2.35. The van der Waals surface area contributed by atoms with Crippen LogP contribution in [0.3, 0.4) is 0 Å². The number of ether oxygens (including phenoxy) is 2. The third-order valence-electron chi connectivity index (χ3n) is 5.72. The number of hydrogen-bond acceptors (Lipinski definition) is 6. The molecule has 1 aromatic heterocycles. The lowest BCUT2D eigenvalue weighted by Gasteiger charge is -2.20. The van der Waals surface area contributed by atoms with Crippen molar-refractivity contribution in [1.29, 1.82) is 0 Å². The number of aromatic nitrogens is 2. The first-order valence-electron chi connectivity index (χ1n) is 11.3. The van der Waals surface area contributed by atoms with Crippen LogP contribution in [0.1, 0.15) is 41.0 Å². The maximum atomic E-state index is 14.3. The molecule has 1 amide bonds. The monoisotopic (exact) mass is 454 g/mol. The van der Waals surface area contributed by atoms with Crippen LogP contribution in [0.15, 0.2) is 36.5 Å². The summed E-state index contributed by atoms with van der Waals surface area (Å²) >= 11 is 0. The van der Waals surface area contributed by atoms with Gasteiger partial charge in [-0.1, -0.05) is 27.2 Å². The van der Waals surface area contributed by atoms with Crippen LogP contribution in [0.4, 0.5) is 21.5 Å². The highest BCUT2D eigenvalue weighted by Gasteiger charge is 2.21. The van der Waals surface area contributed by atoms with E-state index in [1.165, 1.54) is 6.07 Å². The number of hydrogen-bond donors (Lipinski definition) is 2. The maximum absolute atomic E-state index is 14.3. The number of carbonyl (C=O) groups is 1. The van der Waals surface area contributed by atoms with Crippen LogP contribution in [0.2, 0.25) is 0 Å². The summed E-state index contributed by atoms with van der Waals surface area (Å²) in [6.45, 7) is 10.5. The number of nitrogens with one attached hydrogen (secondary N) is 2. The number of fused-ring (bicyclic) bond motifs is 1. The van der Waals surface area contributed by atoms with Gasteiger partial charge in [-0.25, -0.2) is 4.39 Å². The van der Waals surface area contributed by atoms with Gasteiger partial charge in [-0.3, -0.25) is 4.79 Å². The van der Waals surface area contributed by atoms with Gasteiger partial charge >= 0.3 is 0 Å². The fraction of sp³-hybridized carbons (Fsp3) is 0.400. The molecule has 0 spiro atoms. The van der Waals surface area contributed by atoms with Crippen LogP contribution in [0.5, 0.6) is 11.5 Å². The molecular weight excluding hydrogens is 423 g/mol. The Morgan fingerprint density at radius 1 is 1.03 bits per heavy atom. The molecule has 0 aliphatic heterocycles. The average Bonchev–Trinajstić information content (AvgIpc) is 2.80. The quantitative estimate of drug-likeness (QED) is 0.395. The van der Waals surface area contributed by atoms with Crippen LogP contribution in [0.25, 0.3) is 10.9 Å². The first kappa shape index (κ1) is 24.2. The third-order valence-corrected chi connectivity index (χ3v) is 5.72. The second-order valence-electron chi connectivity index (χ2n) is 7.92. The van der Waals surface area contributed by atoms with Gasteiger partial charge < -0.3 is 20.1 Å². The van der Waals surface area contributed by atoms with Gasteiger partial charge in [-0.05, 0) is 38.0 Å². The topological polar surface area (TPSA) is 85.4 Å². The van der Waals surface area contributed by atoms with Crippen LogP contribution in [0, 0.1) is 17.7 Å². The minimum atomic E-state index is -0.459. The molecule has 0 aliphatic carbocycles. The molecule has 0 aliphatic rings. The van der Waals surface area contributed by atoms with E-state index in [1.54, 1.807) is 31.3 Å². The van der Waals surface area contributed by atoms with Crippen molar-refractivity contribution in [2.24, 2.45) is 11.8 Å². The van der Waals surface area contributed by atoms with Crippen LogP contribution >= 0.6 is 0 Å². The molecule has 2 N–H and O–H groups in total. The second kappa shape index (κ2) is 10.9. The Labute approximate surface area is 193 Å². The van der Waals surface area contributed by atoms with E-state index < -0.39 is 5.82 Å². The number of rotatable bonds is 10. The molecule has 0 fully saturated rings. The predicted octanol–water partition coefficient (Wildman–Crippen LogP) is 5.93. The standard InChI is InChI=1S/C25H31FN4O3/c1-6-15(4)16(5)25(31)29-21-12-18-20(13-24(21)33-8-3)30-27-14-22(18)28-17-9-10-23(32-7-2)19(26)11-17/h9-16H,6-8H2,1-5H3,(H,28,30)(H,29,31). The summed E-state index contributed by atoms with van der Waals surface area (Å²) in [5.41, 5.74) is 2.30. The van der Waals surface area contributed by atoms with Gasteiger partial charge in [0.05, 0.1) is 36.3 Å². The van der Waals surface area contributed by atoms with Crippen molar-refractivity contribution in [3.63, 3.8) is 0 Å². The van der Waals surface area contributed by atoms with Gasteiger partial charge in [0.15, 0.2) is 11.6 Å². The lowest BCUT2D eigenvalue weighted by Crippen LogP contribution is -2.25. The van der Waals surface area contributed by atoms with Crippen molar-refractivity contribution in [2.45, 2.75) is 41.0 Å². The minimum absolute atomic E-state index is 0.0743. The van der Waals surface area contributed by atoms with Crippen LogP contribution in [-0.4, -0.2) is 29.3 Å². The van der Waals surface area contributed by atoms with Gasteiger partial charge in [-0.15, -0.1) is 0 Å². The van der Waals surface area contributed by atoms with Crippen molar-refractivity contribution in [3.05, 3.63) is 42.3 Å². The minimum Gasteiger partial charge on any atom is -0.492 e. The molecule has 2 aromatic carbocycles. The zero-order valence-corrected chi connectivity index (χ0v) is 19.7. The van der Waals surface area contributed by atoms with Gasteiger partial charge in [0.25, 0.3) is 0 Å². The summed E-state index contributed by atoms with van der Waals surface area (Å²) in [6.07, 6.45) is 2.47. The Balaban J connectivity index is 1.98. The highest BCUT2D eigenvalue weighted by atomic mass is 19.1. The van der Waals surface area contributed by atoms with Gasteiger partial charge in [-0.2, -0.15) is 10.2 Å². The van der Waals surface area contributed by atoms with Crippen molar-refractivity contribution in [1.82, 2.24) is 10.2 Å². The molecule has 33 heavy (non-hydrogen) atoms. The molecule has 0 saturated heterocycles. The Hall–Kier alpha value is -3.42. The first-order valence-corrected chi connectivity index (χ1v) is 11.3. The zero-order chi connectivity index (χ0) is 24.0. The van der Waals surface area contributed by atoms with E-state index in [9.17, 15) is 9.18 Å². The maximum Gasteiger partial charge on any atom is 0.227 e. The molecule has 0 bridgehead atoms. The smallest absolute Gasteiger partial charge is 0.227 e. The van der Waals surface area contributed by atoms with E-state index in [0.717, 1.165) is 6.42 Å². The summed E-state index contributed by atoms with van der Waals surface area (Å²) in [4.78, 5) is 12.8. The van der Waals surface area contributed by atoms with Gasteiger partial charge in [0.1, 0.15) is 5.75 Å². The third kappa shape index (κ3) is 5.69. The molecule has 8 heteroatoms. The van der Waals surface area contributed by atoms with Crippen LogP contribution < -0.4 is 20.1 Å². The summed E-state index contributed by atoms with van der Waals surface area (Å²) < 4.78 is 25.3. The molecule has 7 nitrogen and oxygen atoms in total. The molecule has 0 saturated carbocycles. The molecular formula is C25H31FN4O3. The summed E-state index contributed by atoms with van der Waals surface area (Å²) in [6, 6.07) is 8.23. The Morgan fingerprint density at radius 3 is 2.42 bits per heavy atom. The Kier molecular flexibility index (Phi) is 8.03. The fourth-order valence-electron chi connectivity index (χ4n) is 3.42. The van der Waals surface area contributed by atoms with E-state index in [1.807, 2.05) is 19.9 Å². The molecule has 1 heterocycles. The van der Waals surface area contributed by atoms with Crippen molar-refractivity contribution >= 4 is 33.9 Å². The summed E-state index contributed by atoms with van der Waals surface area (Å²) in [5.74, 6) is 0.281. The van der Waals surface area contributed by atoms with E-state index in [0.29, 0.717) is 46.9 Å². The average molecular weight is 455 g/mol. The summed E-state index contributed by atoms with van der Waals surface area (Å²) in [7, 11) is 0. The number of halogens is 1. The summed E-state index contributed by atoms with van der Waals surface area (Å²) in [5, 5.41) is 15.2. The molecule has 2 unspecified atom stereocenters.